The maximum absolute atomic E-state index is 11.8. The molecule has 1 aromatic heterocycles. The van der Waals surface area contributed by atoms with Gasteiger partial charge in [0.05, 0.1) is 6.10 Å². The summed E-state index contributed by atoms with van der Waals surface area (Å²) in [5.74, 6) is 0.511. The predicted octanol–water partition coefficient (Wildman–Crippen LogP) is 1.99. The van der Waals surface area contributed by atoms with E-state index in [-0.39, 0.29) is 12.0 Å². The summed E-state index contributed by atoms with van der Waals surface area (Å²) in [7, 11) is 0. The first kappa shape index (κ1) is 15.7. The molecule has 0 radical (unpaired) electrons. The number of nitrogens with one attached hydrogen (secondary N) is 2. The Morgan fingerprint density at radius 1 is 1.38 bits per heavy atom. The van der Waals surface area contributed by atoms with Crippen LogP contribution in [0.3, 0.4) is 0 Å². The lowest BCUT2D eigenvalue weighted by Gasteiger charge is -2.10. The Balaban J connectivity index is 1.73. The van der Waals surface area contributed by atoms with Crippen molar-refractivity contribution in [1.29, 1.82) is 0 Å². The Kier molecular flexibility index (Phi) is 6.40. The van der Waals surface area contributed by atoms with Crippen LogP contribution in [0.15, 0.2) is 12.1 Å². The molecular weight excluding hydrogens is 268 g/mol. The van der Waals surface area contributed by atoms with E-state index in [1.165, 1.54) is 0 Å². The van der Waals surface area contributed by atoms with E-state index in [2.05, 4.69) is 27.8 Å². The number of hydrogen-bond donors (Lipinski definition) is 2. The van der Waals surface area contributed by atoms with E-state index in [1.807, 2.05) is 0 Å². The summed E-state index contributed by atoms with van der Waals surface area (Å²) in [6, 6.07) is 3.48. The van der Waals surface area contributed by atoms with Crippen LogP contribution < -0.4 is 10.6 Å². The summed E-state index contributed by atoms with van der Waals surface area (Å²) in [5, 5.41) is 14.0. The normalized spacial score (nSPS) is 17.7. The number of carbonyl (C=O) groups is 1. The van der Waals surface area contributed by atoms with Gasteiger partial charge in [0, 0.05) is 19.7 Å². The minimum Gasteiger partial charge on any atom is -0.376 e. The average molecular weight is 292 g/mol. The molecule has 2 N–H and O–H groups in total. The lowest BCUT2D eigenvalue weighted by molar-refractivity contribution is 0.0947. The molecule has 1 atom stereocenters. The number of anilines is 1. The van der Waals surface area contributed by atoms with E-state index < -0.39 is 0 Å². The number of carbonyl (C=O) groups excluding carboxylic acids is 1. The standard InChI is InChI=1S/C15H24N4O2/c1-2-3-4-9-16-15(20)13-7-8-14(19-18-13)17-11-12-6-5-10-21-12/h7-8,12H,2-6,9-11H2,1H3,(H,16,20)(H,17,19). The van der Waals surface area contributed by atoms with Crippen LogP contribution in [0.2, 0.25) is 0 Å². The summed E-state index contributed by atoms with van der Waals surface area (Å²) in [4.78, 5) is 11.8. The number of rotatable bonds is 8. The topological polar surface area (TPSA) is 76.1 Å². The Labute approximate surface area is 125 Å². The van der Waals surface area contributed by atoms with Gasteiger partial charge < -0.3 is 15.4 Å². The lowest BCUT2D eigenvalue weighted by atomic mass is 10.2. The van der Waals surface area contributed by atoms with Gasteiger partial charge in [0.1, 0.15) is 5.82 Å². The molecule has 1 aromatic rings. The molecule has 21 heavy (non-hydrogen) atoms. The second-order valence-electron chi connectivity index (χ2n) is 5.28. The van der Waals surface area contributed by atoms with Gasteiger partial charge in [-0.15, -0.1) is 10.2 Å². The fraction of sp³-hybridized carbons (Fsp3) is 0.667. The van der Waals surface area contributed by atoms with Crippen molar-refractivity contribution in [1.82, 2.24) is 15.5 Å². The molecule has 1 fully saturated rings. The van der Waals surface area contributed by atoms with Crippen LogP contribution in [-0.2, 0) is 4.74 Å². The van der Waals surface area contributed by atoms with Gasteiger partial charge >= 0.3 is 0 Å². The highest BCUT2D eigenvalue weighted by atomic mass is 16.5. The number of ether oxygens (including phenoxy) is 1. The van der Waals surface area contributed by atoms with Crippen molar-refractivity contribution in [3.05, 3.63) is 17.8 Å². The summed E-state index contributed by atoms with van der Waals surface area (Å²) in [6.07, 6.45) is 5.72. The zero-order valence-corrected chi connectivity index (χ0v) is 12.6. The smallest absolute Gasteiger partial charge is 0.271 e. The number of amides is 1. The van der Waals surface area contributed by atoms with E-state index >= 15 is 0 Å². The Hall–Kier alpha value is -1.69. The molecule has 6 heteroatoms. The molecule has 6 nitrogen and oxygen atoms in total. The monoisotopic (exact) mass is 292 g/mol. The third kappa shape index (κ3) is 5.30. The van der Waals surface area contributed by atoms with Crippen LogP contribution in [0.4, 0.5) is 5.82 Å². The molecule has 1 aliphatic rings. The van der Waals surface area contributed by atoms with Gasteiger partial charge in [-0.2, -0.15) is 0 Å². The Morgan fingerprint density at radius 3 is 2.95 bits per heavy atom. The largest absolute Gasteiger partial charge is 0.376 e. The number of unbranched alkanes of at least 4 members (excludes halogenated alkanes) is 2. The fourth-order valence-electron chi connectivity index (χ4n) is 2.24. The van der Waals surface area contributed by atoms with Crippen LogP contribution in [-0.4, -0.2) is 41.9 Å². The van der Waals surface area contributed by atoms with Crippen LogP contribution >= 0.6 is 0 Å². The summed E-state index contributed by atoms with van der Waals surface area (Å²) < 4.78 is 5.53. The van der Waals surface area contributed by atoms with Gasteiger partial charge in [0.15, 0.2) is 5.69 Å². The zero-order chi connectivity index (χ0) is 14.9. The van der Waals surface area contributed by atoms with Crippen LogP contribution in [0.1, 0.15) is 49.5 Å². The molecule has 1 aliphatic heterocycles. The minimum absolute atomic E-state index is 0.163. The molecule has 1 saturated heterocycles. The molecule has 116 valence electrons. The van der Waals surface area contributed by atoms with Crippen LogP contribution in [0.5, 0.6) is 0 Å². The van der Waals surface area contributed by atoms with Gasteiger partial charge in [-0.1, -0.05) is 19.8 Å². The van der Waals surface area contributed by atoms with Crippen molar-refractivity contribution in [3.63, 3.8) is 0 Å². The Morgan fingerprint density at radius 2 is 2.29 bits per heavy atom. The highest BCUT2D eigenvalue weighted by Gasteiger charge is 2.15. The van der Waals surface area contributed by atoms with E-state index in [4.69, 9.17) is 4.74 Å². The number of nitrogens with zero attached hydrogens (tertiary/aromatic N) is 2. The Bertz CT molecular complexity index is 430. The maximum atomic E-state index is 11.8. The molecular formula is C15H24N4O2. The second-order valence-corrected chi connectivity index (χ2v) is 5.28. The van der Waals surface area contributed by atoms with E-state index in [0.717, 1.165) is 45.3 Å². The van der Waals surface area contributed by atoms with Crippen molar-refractivity contribution in [2.24, 2.45) is 0 Å². The molecule has 0 bridgehead atoms. The fourth-order valence-corrected chi connectivity index (χ4v) is 2.24. The summed E-state index contributed by atoms with van der Waals surface area (Å²) in [5.41, 5.74) is 0.356. The summed E-state index contributed by atoms with van der Waals surface area (Å²) in [6.45, 7) is 4.40. The van der Waals surface area contributed by atoms with Crippen molar-refractivity contribution < 1.29 is 9.53 Å². The van der Waals surface area contributed by atoms with Gasteiger partial charge in [0.2, 0.25) is 0 Å². The van der Waals surface area contributed by atoms with Crippen LogP contribution in [0, 0.1) is 0 Å². The highest BCUT2D eigenvalue weighted by molar-refractivity contribution is 5.92. The highest BCUT2D eigenvalue weighted by Crippen LogP contribution is 2.12. The number of aromatic nitrogens is 2. The van der Waals surface area contributed by atoms with Crippen molar-refractivity contribution >= 4 is 11.7 Å². The molecule has 2 heterocycles. The van der Waals surface area contributed by atoms with Crippen LogP contribution in [0.25, 0.3) is 0 Å². The molecule has 2 rings (SSSR count). The average Bonchev–Trinajstić information content (AvgIpc) is 3.03. The van der Waals surface area contributed by atoms with E-state index in [0.29, 0.717) is 18.1 Å². The third-order valence-electron chi connectivity index (χ3n) is 3.50. The zero-order valence-electron chi connectivity index (χ0n) is 12.6. The lowest BCUT2D eigenvalue weighted by Crippen LogP contribution is -2.26. The first-order chi connectivity index (χ1) is 10.3. The van der Waals surface area contributed by atoms with Crippen molar-refractivity contribution in [2.75, 3.05) is 25.0 Å². The van der Waals surface area contributed by atoms with E-state index in [9.17, 15) is 4.79 Å². The molecule has 0 spiro atoms. The third-order valence-corrected chi connectivity index (χ3v) is 3.50. The van der Waals surface area contributed by atoms with E-state index in [1.54, 1.807) is 12.1 Å². The van der Waals surface area contributed by atoms with Crippen molar-refractivity contribution in [3.8, 4) is 0 Å². The molecule has 1 unspecified atom stereocenters. The van der Waals surface area contributed by atoms with Gasteiger partial charge in [-0.3, -0.25) is 4.79 Å². The number of hydrogen-bond acceptors (Lipinski definition) is 5. The quantitative estimate of drug-likeness (QED) is 0.717. The second kappa shape index (κ2) is 8.56. The summed E-state index contributed by atoms with van der Waals surface area (Å²) >= 11 is 0. The predicted molar refractivity (Wildman–Crippen MR) is 81.4 cm³/mol. The SMILES string of the molecule is CCCCCNC(=O)c1ccc(NCC2CCCO2)nn1. The minimum atomic E-state index is -0.163. The van der Waals surface area contributed by atoms with Crippen molar-refractivity contribution in [2.45, 2.75) is 45.1 Å². The maximum Gasteiger partial charge on any atom is 0.271 e. The van der Waals surface area contributed by atoms with Gasteiger partial charge in [-0.25, -0.2) is 0 Å². The molecule has 1 amide bonds. The molecule has 0 aliphatic carbocycles. The first-order valence-corrected chi connectivity index (χ1v) is 7.77. The molecule has 0 aromatic carbocycles. The first-order valence-electron chi connectivity index (χ1n) is 7.77. The van der Waals surface area contributed by atoms with Gasteiger partial charge in [0.25, 0.3) is 5.91 Å². The van der Waals surface area contributed by atoms with Gasteiger partial charge in [-0.05, 0) is 31.4 Å². The molecule has 0 saturated carbocycles.